The van der Waals surface area contributed by atoms with Crippen LogP contribution in [-0.4, -0.2) is 23.9 Å². The summed E-state index contributed by atoms with van der Waals surface area (Å²) >= 11 is 0. The zero-order valence-electron chi connectivity index (χ0n) is 16.4. The van der Waals surface area contributed by atoms with Gasteiger partial charge in [-0.1, -0.05) is 36.8 Å². The molecular formula is C22H31IN4. The molecule has 3 N–H and O–H groups in total. The maximum Gasteiger partial charge on any atom is 0.193 e. The van der Waals surface area contributed by atoms with Crippen molar-refractivity contribution >= 4 is 35.6 Å². The predicted molar refractivity (Wildman–Crippen MR) is 126 cm³/mol. The summed E-state index contributed by atoms with van der Waals surface area (Å²) in [7, 11) is 0. The van der Waals surface area contributed by atoms with E-state index in [0.29, 0.717) is 12.5 Å². The van der Waals surface area contributed by atoms with Gasteiger partial charge in [0.25, 0.3) is 0 Å². The molecule has 1 saturated heterocycles. The number of aliphatic imine (C=N–C) groups is 1. The fraction of sp³-hybridized carbons (Fsp3) is 0.409. The number of piperidine rings is 1. The van der Waals surface area contributed by atoms with Crippen molar-refractivity contribution in [2.24, 2.45) is 10.7 Å². The minimum absolute atomic E-state index is 0. The molecule has 0 aliphatic carbocycles. The first-order chi connectivity index (χ1) is 12.6. The Bertz CT molecular complexity index is 746. The fourth-order valence-corrected chi connectivity index (χ4v) is 3.63. The number of aryl methyl sites for hydroxylation is 2. The van der Waals surface area contributed by atoms with Gasteiger partial charge in [-0.05, 0) is 74.2 Å². The lowest BCUT2D eigenvalue weighted by Gasteiger charge is -2.27. The molecule has 1 aliphatic rings. The molecular weight excluding hydrogens is 447 g/mol. The maximum atomic E-state index is 6.12. The summed E-state index contributed by atoms with van der Waals surface area (Å²) in [5, 5.41) is 3.21. The molecule has 0 amide bonds. The Hall–Kier alpha value is -1.60. The number of nitrogens with one attached hydrogen (secondary N) is 1. The number of nitrogens with zero attached hydrogens (tertiary/aromatic N) is 2. The second-order valence-corrected chi connectivity index (χ2v) is 7.31. The quantitative estimate of drug-likeness (QED) is 0.368. The van der Waals surface area contributed by atoms with E-state index in [0.717, 1.165) is 12.2 Å². The van der Waals surface area contributed by atoms with E-state index in [1.165, 1.54) is 54.6 Å². The summed E-state index contributed by atoms with van der Waals surface area (Å²) in [5.74, 6) is 0.461. The summed E-state index contributed by atoms with van der Waals surface area (Å²) < 4.78 is 0. The molecule has 146 valence electrons. The number of benzene rings is 2. The van der Waals surface area contributed by atoms with Gasteiger partial charge in [-0.15, -0.1) is 24.0 Å². The summed E-state index contributed by atoms with van der Waals surface area (Å²) in [6, 6.07) is 14.9. The van der Waals surface area contributed by atoms with Gasteiger partial charge in [0.1, 0.15) is 0 Å². The lowest BCUT2D eigenvalue weighted by atomic mass is 10.1. The van der Waals surface area contributed by atoms with Crippen LogP contribution in [0.1, 0.15) is 41.5 Å². The highest BCUT2D eigenvalue weighted by Gasteiger charge is 2.12. The van der Waals surface area contributed by atoms with Gasteiger partial charge in [-0.25, -0.2) is 4.99 Å². The molecule has 0 unspecified atom stereocenters. The molecule has 2 aromatic carbocycles. The van der Waals surface area contributed by atoms with Gasteiger partial charge >= 0.3 is 0 Å². The highest BCUT2D eigenvalue weighted by molar-refractivity contribution is 14.0. The zero-order chi connectivity index (χ0) is 18.4. The molecule has 3 rings (SSSR count). The highest BCUT2D eigenvalue weighted by Crippen LogP contribution is 2.17. The van der Waals surface area contributed by atoms with Crippen molar-refractivity contribution in [3.8, 4) is 0 Å². The number of rotatable bonds is 5. The van der Waals surface area contributed by atoms with Gasteiger partial charge < -0.3 is 11.1 Å². The first-order valence-corrected chi connectivity index (χ1v) is 9.54. The topological polar surface area (TPSA) is 53.6 Å². The third-order valence-electron chi connectivity index (χ3n) is 4.87. The van der Waals surface area contributed by atoms with Crippen LogP contribution in [0, 0.1) is 13.8 Å². The molecule has 1 heterocycles. The number of likely N-dealkylation sites (tertiary alicyclic amines) is 1. The van der Waals surface area contributed by atoms with Crippen LogP contribution in [0.4, 0.5) is 5.69 Å². The molecule has 0 saturated carbocycles. The first kappa shape index (κ1) is 21.7. The molecule has 0 aromatic heterocycles. The second-order valence-electron chi connectivity index (χ2n) is 7.31. The lowest BCUT2D eigenvalue weighted by molar-refractivity contribution is 0.220. The van der Waals surface area contributed by atoms with Gasteiger partial charge in [0, 0.05) is 12.2 Å². The third-order valence-corrected chi connectivity index (χ3v) is 4.87. The molecule has 1 fully saturated rings. The molecule has 4 nitrogen and oxygen atoms in total. The van der Waals surface area contributed by atoms with Crippen LogP contribution in [0.5, 0.6) is 0 Å². The SMILES string of the molecule is Cc1cc(C)cc(NC(N)=NCc2ccccc2CN2CCCCC2)c1.I. The summed E-state index contributed by atoms with van der Waals surface area (Å²) in [6.45, 7) is 8.19. The summed E-state index contributed by atoms with van der Waals surface area (Å²) in [6.07, 6.45) is 3.99. The average molecular weight is 478 g/mol. The Morgan fingerprint density at radius 2 is 1.63 bits per heavy atom. The Morgan fingerprint density at radius 3 is 2.30 bits per heavy atom. The van der Waals surface area contributed by atoms with Crippen molar-refractivity contribution < 1.29 is 0 Å². The first-order valence-electron chi connectivity index (χ1n) is 9.54. The normalized spacial score (nSPS) is 15.3. The predicted octanol–water partition coefficient (Wildman–Crippen LogP) is 4.83. The number of hydrogen-bond donors (Lipinski definition) is 2. The molecule has 0 spiro atoms. The average Bonchev–Trinajstić information content (AvgIpc) is 2.61. The second kappa shape index (κ2) is 10.7. The molecule has 0 radical (unpaired) electrons. The Kier molecular flexibility index (Phi) is 8.57. The van der Waals surface area contributed by atoms with E-state index in [4.69, 9.17) is 5.73 Å². The van der Waals surface area contributed by atoms with Crippen LogP contribution >= 0.6 is 24.0 Å². The monoisotopic (exact) mass is 478 g/mol. The van der Waals surface area contributed by atoms with E-state index in [2.05, 4.69) is 71.5 Å². The molecule has 0 bridgehead atoms. The van der Waals surface area contributed by atoms with E-state index in [9.17, 15) is 0 Å². The number of guanidine groups is 1. The number of hydrogen-bond acceptors (Lipinski definition) is 2. The van der Waals surface area contributed by atoms with Gasteiger partial charge in [0.05, 0.1) is 6.54 Å². The third kappa shape index (κ3) is 6.81. The molecule has 0 atom stereocenters. The van der Waals surface area contributed by atoms with Crippen molar-refractivity contribution in [2.75, 3.05) is 18.4 Å². The molecule has 27 heavy (non-hydrogen) atoms. The number of anilines is 1. The van der Waals surface area contributed by atoms with E-state index >= 15 is 0 Å². The Morgan fingerprint density at radius 1 is 1.00 bits per heavy atom. The summed E-state index contributed by atoms with van der Waals surface area (Å²) in [4.78, 5) is 7.11. The fourth-order valence-electron chi connectivity index (χ4n) is 3.63. The number of halogens is 1. The standard InChI is InChI=1S/C22H30N4.HI/c1-17-12-18(2)14-21(13-17)25-22(23)24-15-19-8-4-5-9-20(19)16-26-10-6-3-7-11-26;/h4-5,8-9,12-14H,3,6-7,10-11,15-16H2,1-2H3,(H3,23,24,25);1H. The maximum absolute atomic E-state index is 6.12. The van der Waals surface area contributed by atoms with Crippen molar-refractivity contribution in [2.45, 2.75) is 46.2 Å². The van der Waals surface area contributed by atoms with Gasteiger partial charge in [0.15, 0.2) is 5.96 Å². The minimum atomic E-state index is 0. The van der Waals surface area contributed by atoms with Crippen LogP contribution in [0.25, 0.3) is 0 Å². The Labute approximate surface area is 180 Å². The number of nitrogens with two attached hydrogens (primary N) is 1. The molecule has 5 heteroatoms. The van der Waals surface area contributed by atoms with Crippen LogP contribution in [0.2, 0.25) is 0 Å². The van der Waals surface area contributed by atoms with Crippen LogP contribution < -0.4 is 11.1 Å². The van der Waals surface area contributed by atoms with Crippen LogP contribution in [-0.2, 0) is 13.1 Å². The van der Waals surface area contributed by atoms with Crippen molar-refractivity contribution in [3.05, 3.63) is 64.7 Å². The van der Waals surface area contributed by atoms with Crippen LogP contribution in [0.3, 0.4) is 0 Å². The zero-order valence-corrected chi connectivity index (χ0v) is 18.7. The van der Waals surface area contributed by atoms with E-state index < -0.39 is 0 Å². The molecule has 1 aliphatic heterocycles. The highest BCUT2D eigenvalue weighted by atomic mass is 127. The van der Waals surface area contributed by atoms with Crippen molar-refractivity contribution in [1.82, 2.24) is 4.90 Å². The Balaban J connectivity index is 0.00000261. The van der Waals surface area contributed by atoms with E-state index in [1.807, 2.05) is 0 Å². The van der Waals surface area contributed by atoms with Gasteiger partial charge in [0.2, 0.25) is 0 Å². The van der Waals surface area contributed by atoms with Crippen molar-refractivity contribution in [1.29, 1.82) is 0 Å². The van der Waals surface area contributed by atoms with Crippen molar-refractivity contribution in [3.63, 3.8) is 0 Å². The smallest absolute Gasteiger partial charge is 0.193 e. The van der Waals surface area contributed by atoms with E-state index in [-0.39, 0.29) is 24.0 Å². The largest absolute Gasteiger partial charge is 0.370 e. The molecule has 2 aromatic rings. The summed E-state index contributed by atoms with van der Waals surface area (Å²) in [5.41, 5.74) is 12.1. The minimum Gasteiger partial charge on any atom is -0.370 e. The van der Waals surface area contributed by atoms with E-state index in [1.54, 1.807) is 0 Å². The lowest BCUT2D eigenvalue weighted by Crippen LogP contribution is -2.29. The van der Waals surface area contributed by atoms with Crippen LogP contribution in [0.15, 0.2) is 47.5 Å². The van der Waals surface area contributed by atoms with Gasteiger partial charge in [-0.2, -0.15) is 0 Å². The van der Waals surface area contributed by atoms with Gasteiger partial charge in [-0.3, -0.25) is 4.90 Å².